The molecular formula is C74H77F12N9O6Os2P4. The first-order chi connectivity index (χ1) is 49.2. The standard InChI is InChI=1S/C26H22N2P2.2C20H22N2O2.3C2H3N.2CH3O.2F6P.2Os/c27-29(23-13-5-1-6-14-23,24-15-7-2-8-16-24)21-22-30(28,25-17-9-3-10-18-25)26-19-11-4-12-20-26;2*23-19-11-5-1-7-15(19)13-21-17-9-3-4-10-18(17)22-14-16-8-2-6-12-20(16)24;3*1-2-3;2*1-2;2*1-7(2,3,4,5)6;;/h1-20,27-28H;2*1-2,5-8,11-14,17-18,23-24H,3-4,9-10H2;3*1H3;2*1H3;;;;/q;;;;;;4*-1;2*+4/p-4/t;2*17-,18-;;;;;;;;;/m.11........./s1. The van der Waals surface area contributed by atoms with Gasteiger partial charge in [-0.1, -0.05) is 244 Å². The summed E-state index contributed by atoms with van der Waals surface area (Å²) in [7, 11) is -25.2. The van der Waals surface area contributed by atoms with E-state index in [4.69, 9.17) is 26.0 Å². The van der Waals surface area contributed by atoms with Crippen LogP contribution in [0.1, 0.15) is 94.4 Å². The molecule has 0 amide bonds. The molecule has 0 spiro atoms. The molecule has 33 heteroatoms. The fraction of sp³-hybridized carbons (Fsp3) is 0.230. The Bertz CT molecular complexity index is 3830. The number of hydrogen-bond donors (Lipinski definition) is 2. The van der Waals surface area contributed by atoms with Gasteiger partial charge in [-0.3, -0.25) is 30.3 Å². The van der Waals surface area contributed by atoms with Crippen LogP contribution < -0.4 is 51.9 Å². The summed E-state index contributed by atoms with van der Waals surface area (Å²) in [4.78, 5) is 18.5. The summed E-state index contributed by atoms with van der Waals surface area (Å²) in [6.07, 6.45) is 15.0. The van der Waals surface area contributed by atoms with Crippen molar-refractivity contribution >= 4 is 75.8 Å². The van der Waals surface area contributed by atoms with E-state index in [1.54, 1.807) is 116 Å². The van der Waals surface area contributed by atoms with Crippen molar-refractivity contribution < 1.29 is 121 Å². The van der Waals surface area contributed by atoms with Crippen molar-refractivity contribution in [3.63, 3.8) is 0 Å². The second kappa shape index (κ2) is 47.2. The molecular weight excluding hydrogens is 1840 g/mol. The molecule has 0 radical (unpaired) electrons. The van der Waals surface area contributed by atoms with Gasteiger partial charge in [0.05, 0.1) is 56.5 Å². The van der Waals surface area contributed by atoms with Crippen LogP contribution in [0.4, 0.5) is 50.4 Å². The number of benzene rings is 8. The summed E-state index contributed by atoms with van der Waals surface area (Å²) in [6.45, 7) is 4.29. The predicted octanol–water partition coefficient (Wildman–Crippen LogP) is 17.4. The molecule has 4 atom stereocenters. The first kappa shape index (κ1) is 100. The van der Waals surface area contributed by atoms with Crippen LogP contribution >= 0.6 is 29.7 Å². The van der Waals surface area contributed by atoms with Gasteiger partial charge < -0.3 is 30.6 Å². The number of aliphatic imine (C=N–C) groups is 4. The van der Waals surface area contributed by atoms with Crippen molar-refractivity contribution in [1.82, 2.24) is 0 Å². The van der Waals surface area contributed by atoms with E-state index in [1.165, 1.54) is 20.8 Å². The molecule has 0 saturated heterocycles. The number of para-hydroxylation sites is 4. The minimum atomic E-state index is -10.7. The van der Waals surface area contributed by atoms with Crippen LogP contribution in [0.25, 0.3) is 0 Å². The number of nitrogens with zero attached hydrogens (tertiary/aromatic N) is 7. The fourth-order valence-electron chi connectivity index (χ4n) is 9.24. The molecule has 2 aliphatic carbocycles. The number of halogens is 12. The monoisotopic (exact) mass is 1920 g/mol. The van der Waals surface area contributed by atoms with Crippen LogP contribution in [0, 0.1) is 55.6 Å². The Kier molecular flexibility index (Phi) is 44.3. The zero-order valence-corrected chi connectivity index (χ0v) is 66.8. The van der Waals surface area contributed by atoms with Crippen LogP contribution in [0.3, 0.4) is 0 Å². The van der Waals surface area contributed by atoms with Gasteiger partial charge in [0.15, 0.2) is 0 Å². The minimum Gasteiger partial charge on any atom is -0.872 e. The summed E-state index contributed by atoms with van der Waals surface area (Å²) in [6, 6.07) is 72.4. The van der Waals surface area contributed by atoms with Crippen molar-refractivity contribution in [2.45, 2.75) is 96.3 Å². The fourth-order valence-corrected chi connectivity index (χ4v) is 14.0. The number of nitriles is 3. The summed E-state index contributed by atoms with van der Waals surface area (Å²) in [5.74, 6) is -0.0652. The SMILES string of the molecule is CC#N.CC#N.CC#N.C[O-].C[O-].F[P-](F)(F)(F)(F)F.F[P-](F)(F)(F)(F)F.N=P(C#CP(=N)(c1ccccc1)c1ccccc1)(c1ccccc1)c1ccccc1.[O-]c1ccccc1C=N[C@@H]1CCCC[C@H]1N=Cc1ccccc1[O-].[O-]c1ccccc1C=N[C@@H]1CCCC[C@H]1N=Cc1ccccc1[O-].[Os+4].[Os+4]. The molecule has 0 heterocycles. The minimum absolute atomic E-state index is 0. The molecule has 0 bridgehead atoms. The van der Waals surface area contributed by atoms with E-state index < -0.39 is 29.7 Å². The molecule has 0 unspecified atom stereocenters. The third-order valence-electron chi connectivity index (χ3n) is 13.6. The zero-order chi connectivity index (χ0) is 79.4. The molecule has 15 nitrogen and oxygen atoms in total. The molecule has 574 valence electrons. The molecule has 8 aromatic carbocycles. The summed E-state index contributed by atoms with van der Waals surface area (Å²) in [5, 5.41) is 108. The van der Waals surface area contributed by atoms with Crippen LogP contribution in [-0.4, -0.2) is 63.2 Å². The molecule has 0 aliphatic heterocycles. The average Bonchev–Trinajstić information content (AvgIpc) is 0.852. The summed E-state index contributed by atoms with van der Waals surface area (Å²) >= 11 is 0. The summed E-state index contributed by atoms with van der Waals surface area (Å²) < 4.78 is 118. The molecule has 107 heavy (non-hydrogen) atoms. The first-order valence-corrected chi connectivity index (χ1v) is 39.0. The Labute approximate surface area is 642 Å². The Hall–Kier alpha value is -8.66. The van der Waals surface area contributed by atoms with Crippen molar-refractivity contribution in [2.24, 2.45) is 20.0 Å². The van der Waals surface area contributed by atoms with Crippen molar-refractivity contribution in [1.29, 1.82) is 26.1 Å². The Morgan fingerprint density at radius 3 is 0.617 bits per heavy atom. The summed E-state index contributed by atoms with van der Waals surface area (Å²) in [5.41, 5.74) is 9.14. The van der Waals surface area contributed by atoms with Gasteiger partial charge in [0.25, 0.3) is 0 Å². The van der Waals surface area contributed by atoms with E-state index in [2.05, 4.69) is 31.3 Å². The van der Waals surface area contributed by atoms with Crippen molar-refractivity contribution in [3.05, 3.63) is 241 Å². The van der Waals surface area contributed by atoms with Gasteiger partial charge >= 0.3 is 106 Å². The van der Waals surface area contributed by atoms with Gasteiger partial charge in [-0.25, -0.2) is 0 Å². The molecule has 2 N–H and O–H groups in total. The van der Waals surface area contributed by atoms with Gasteiger partial charge in [-0.2, -0.15) is 30.0 Å². The van der Waals surface area contributed by atoms with E-state index in [1.807, 2.05) is 146 Å². The van der Waals surface area contributed by atoms with Gasteiger partial charge in [-0.05, 0) is 59.3 Å². The van der Waals surface area contributed by atoms with Crippen LogP contribution in [0.5, 0.6) is 23.0 Å². The van der Waals surface area contributed by atoms with E-state index in [-0.39, 0.29) is 86.7 Å². The predicted molar refractivity (Wildman–Crippen MR) is 390 cm³/mol. The Balaban J connectivity index is 0. The number of nitrogens with one attached hydrogen (secondary N) is 2. The Morgan fingerprint density at radius 2 is 0.467 bits per heavy atom. The third kappa shape index (κ3) is 44.9. The second-order valence-corrected chi connectivity index (χ2v) is 30.6. The quantitative estimate of drug-likeness (QED) is 0.0507. The molecule has 2 fully saturated rings. The number of rotatable bonds is 12. The van der Waals surface area contributed by atoms with Crippen molar-refractivity contribution in [3.8, 4) is 52.5 Å². The van der Waals surface area contributed by atoms with E-state index in [9.17, 15) is 81.1 Å². The van der Waals surface area contributed by atoms with E-state index in [0.717, 1.165) is 86.8 Å². The van der Waals surface area contributed by atoms with Gasteiger partial charge in [0, 0.05) is 66.8 Å². The maximum Gasteiger partial charge on any atom is 4.00 e. The van der Waals surface area contributed by atoms with Gasteiger partial charge in [-0.15, -0.1) is 23.0 Å². The maximum absolute atomic E-state index is 11.8. The number of hydrogen-bond acceptors (Lipinski definition) is 15. The molecule has 8 aromatic rings. The van der Waals surface area contributed by atoms with Crippen molar-refractivity contribution in [2.75, 3.05) is 14.2 Å². The van der Waals surface area contributed by atoms with E-state index in [0.29, 0.717) is 22.3 Å². The third-order valence-corrected chi connectivity index (χ3v) is 19.0. The molecule has 2 aliphatic rings. The molecule has 0 aromatic heterocycles. The Morgan fingerprint density at radius 1 is 0.327 bits per heavy atom. The second-order valence-electron chi connectivity index (χ2n) is 21.6. The zero-order valence-electron chi connectivity index (χ0n) is 58.2. The first-order valence-electron chi connectivity index (χ1n) is 31.3. The molecule has 10 rings (SSSR count). The normalized spacial score (nSPS) is 16.2. The van der Waals surface area contributed by atoms with Crippen LogP contribution in [0.15, 0.2) is 238 Å². The topological polar surface area (TPSA) is 307 Å². The van der Waals surface area contributed by atoms with E-state index >= 15 is 0 Å². The van der Waals surface area contributed by atoms with Gasteiger partial charge in [0.2, 0.25) is 0 Å². The van der Waals surface area contributed by atoms with Crippen LogP contribution in [0.2, 0.25) is 0 Å². The average molecular weight is 1920 g/mol. The van der Waals surface area contributed by atoms with Crippen LogP contribution in [-0.2, 0) is 39.6 Å². The smallest absolute Gasteiger partial charge is 0.872 e. The maximum atomic E-state index is 11.8. The van der Waals surface area contributed by atoms with Gasteiger partial charge in [0.1, 0.15) is 0 Å². The largest absolute Gasteiger partial charge is 4.00 e. The molecule has 2 saturated carbocycles.